The highest BCUT2D eigenvalue weighted by Gasteiger charge is 2.53. The van der Waals surface area contributed by atoms with Gasteiger partial charge in [0.15, 0.2) is 0 Å². The van der Waals surface area contributed by atoms with Crippen molar-refractivity contribution in [2.75, 3.05) is 20.3 Å². The minimum atomic E-state index is -0.273. The largest absolute Gasteiger partial charge is 0.457 e. The molecule has 1 saturated heterocycles. The Bertz CT molecular complexity index is 690. The van der Waals surface area contributed by atoms with Gasteiger partial charge >= 0.3 is 5.97 Å². The molecule has 0 aromatic rings. The topological polar surface area (TPSA) is 54.0 Å². The van der Waals surface area contributed by atoms with Crippen LogP contribution in [0.3, 0.4) is 0 Å². The molecule has 0 N–H and O–H groups in total. The second-order valence-electron chi connectivity index (χ2n) is 13.2. The van der Waals surface area contributed by atoms with Gasteiger partial charge in [0.2, 0.25) is 0 Å². The fourth-order valence-corrected chi connectivity index (χ4v) is 9.72. The summed E-state index contributed by atoms with van der Waals surface area (Å²) < 4.78 is 25.2. The Labute approximate surface area is 218 Å². The summed E-state index contributed by atoms with van der Waals surface area (Å²) in [5.41, 5.74) is 0. The summed E-state index contributed by atoms with van der Waals surface area (Å²) in [5, 5.41) is 0. The molecule has 0 bridgehead atoms. The summed E-state index contributed by atoms with van der Waals surface area (Å²) in [6.07, 6.45) is 20.6. The quantitative estimate of drug-likeness (QED) is 0.423. The van der Waals surface area contributed by atoms with E-state index in [1.165, 1.54) is 77.0 Å². The second-order valence-corrected chi connectivity index (χ2v) is 13.2. The van der Waals surface area contributed by atoms with Gasteiger partial charge in [0.05, 0.1) is 37.4 Å². The van der Waals surface area contributed by atoms with E-state index in [0.29, 0.717) is 43.4 Å². The molecule has 0 amide bonds. The van der Waals surface area contributed by atoms with E-state index in [9.17, 15) is 4.79 Å². The van der Waals surface area contributed by atoms with Crippen molar-refractivity contribution in [1.29, 1.82) is 0 Å². The van der Waals surface area contributed by atoms with Crippen LogP contribution in [0.15, 0.2) is 0 Å². The van der Waals surface area contributed by atoms with Crippen molar-refractivity contribution >= 4 is 5.97 Å². The standard InChI is InChI=1S/C31H50O5/c1-33-23-14-10-22(11-15-23)31(32)36-24-18-34-27-16-12-20-6-2-4-8-25(20)29(27)30-26-9-5-3-7-21(26)13-17-28(30)35-19-24/h20-30H,2-19H2,1H3. The molecule has 0 radical (unpaired) electrons. The summed E-state index contributed by atoms with van der Waals surface area (Å²) in [5.74, 6) is 4.64. The van der Waals surface area contributed by atoms with Gasteiger partial charge in [-0.15, -0.1) is 0 Å². The fourth-order valence-electron chi connectivity index (χ4n) is 9.72. The van der Waals surface area contributed by atoms with Crippen LogP contribution in [0.1, 0.15) is 103 Å². The van der Waals surface area contributed by atoms with Gasteiger partial charge in [0.1, 0.15) is 6.10 Å². The van der Waals surface area contributed by atoms with Crippen molar-refractivity contribution in [2.24, 2.45) is 41.4 Å². The van der Waals surface area contributed by atoms with E-state index in [1.807, 2.05) is 0 Å². The molecule has 8 atom stereocenters. The summed E-state index contributed by atoms with van der Waals surface area (Å²) in [6.45, 7) is 1.01. The molecule has 0 spiro atoms. The molecular weight excluding hydrogens is 452 g/mol. The second kappa shape index (κ2) is 11.6. The molecule has 5 heteroatoms. The van der Waals surface area contributed by atoms with Crippen LogP contribution < -0.4 is 0 Å². The van der Waals surface area contributed by atoms with Crippen molar-refractivity contribution < 1.29 is 23.7 Å². The first-order valence-electron chi connectivity index (χ1n) is 15.7. The van der Waals surface area contributed by atoms with Crippen LogP contribution in [0.2, 0.25) is 0 Å². The summed E-state index contributed by atoms with van der Waals surface area (Å²) >= 11 is 0. The lowest BCUT2D eigenvalue weighted by molar-refractivity contribution is -0.166. The van der Waals surface area contributed by atoms with Crippen LogP contribution in [0.25, 0.3) is 0 Å². The number of fused-ring (bicyclic) bond motifs is 7. The molecule has 6 rings (SSSR count). The number of esters is 1. The molecule has 8 unspecified atom stereocenters. The van der Waals surface area contributed by atoms with Crippen LogP contribution in [0, 0.1) is 41.4 Å². The molecular formula is C31H50O5. The van der Waals surface area contributed by atoms with Gasteiger partial charge in [-0.3, -0.25) is 4.79 Å². The van der Waals surface area contributed by atoms with E-state index in [4.69, 9.17) is 18.9 Å². The highest BCUT2D eigenvalue weighted by molar-refractivity contribution is 5.72. The molecule has 5 aliphatic carbocycles. The van der Waals surface area contributed by atoms with E-state index in [1.54, 1.807) is 7.11 Å². The Morgan fingerprint density at radius 3 is 1.67 bits per heavy atom. The van der Waals surface area contributed by atoms with Gasteiger partial charge in [0.25, 0.3) is 0 Å². The van der Waals surface area contributed by atoms with Gasteiger partial charge in [-0.1, -0.05) is 38.5 Å². The molecule has 1 heterocycles. The summed E-state index contributed by atoms with van der Waals surface area (Å²) in [7, 11) is 1.78. The molecule has 6 aliphatic rings. The van der Waals surface area contributed by atoms with Crippen molar-refractivity contribution in [3.63, 3.8) is 0 Å². The molecule has 36 heavy (non-hydrogen) atoms. The van der Waals surface area contributed by atoms with Crippen LogP contribution in [-0.2, 0) is 23.7 Å². The maximum absolute atomic E-state index is 13.1. The first-order valence-corrected chi connectivity index (χ1v) is 15.7. The zero-order valence-electron chi connectivity index (χ0n) is 22.6. The Kier molecular flexibility index (Phi) is 8.27. The fraction of sp³-hybridized carbons (Fsp3) is 0.968. The van der Waals surface area contributed by atoms with E-state index in [2.05, 4.69) is 0 Å². The first-order chi connectivity index (χ1) is 17.7. The number of ether oxygens (including phenoxy) is 4. The summed E-state index contributed by atoms with van der Waals surface area (Å²) in [6, 6.07) is 0. The number of methoxy groups -OCH3 is 1. The van der Waals surface area contributed by atoms with E-state index >= 15 is 0 Å². The summed E-state index contributed by atoms with van der Waals surface area (Å²) in [4.78, 5) is 13.1. The average Bonchev–Trinajstić information content (AvgIpc) is 3.01. The molecule has 5 nitrogen and oxygen atoms in total. The highest BCUT2D eigenvalue weighted by atomic mass is 16.6. The Morgan fingerprint density at radius 2 is 1.14 bits per heavy atom. The van der Waals surface area contributed by atoms with Gasteiger partial charge in [-0.2, -0.15) is 0 Å². The maximum Gasteiger partial charge on any atom is 0.309 e. The Morgan fingerprint density at radius 1 is 0.611 bits per heavy atom. The number of rotatable bonds is 3. The van der Waals surface area contributed by atoms with Crippen molar-refractivity contribution in [2.45, 2.75) is 127 Å². The predicted octanol–water partition coefficient (Wildman–Crippen LogP) is 6.32. The molecule has 6 fully saturated rings. The predicted molar refractivity (Wildman–Crippen MR) is 138 cm³/mol. The van der Waals surface area contributed by atoms with Crippen LogP contribution in [0.5, 0.6) is 0 Å². The van der Waals surface area contributed by atoms with Gasteiger partial charge in [-0.05, 0) is 99.7 Å². The number of carbonyl (C=O) groups is 1. The third-order valence-corrected chi connectivity index (χ3v) is 11.5. The number of hydrogen-bond donors (Lipinski definition) is 0. The minimum absolute atomic E-state index is 0.000111. The van der Waals surface area contributed by atoms with E-state index in [-0.39, 0.29) is 18.0 Å². The van der Waals surface area contributed by atoms with Gasteiger partial charge in [0, 0.05) is 7.11 Å². The van der Waals surface area contributed by atoms with E-state index < -0.39 is 0 Å². The lowest BCUT2D eigenvalue weighted by atomic mass is 9.53. The minimum Gasteiger partial charge on any atom is -0.457 e. The van der Waals surface area contributed by atoms with Crippen LogP contribution in [0.4, 0.5) is 0 Å². The van der Waals surface area contributed by atoms with Crippen molar-refractivity contribution in [1.82, 2.24) is 0 Å². The highest BCUT2D eigenvalue weighted by Crippen LogP contribution is 2.56. The number of carbonyl (C=O) groups excluding carboxylic acids is 1. The monoisotopic (exact) mass is 502 g/mol. The van der Waals surface area contributed by atoms with Crippen LogP contribution in [-0.4, -0.2) is 50.7 Å². The maximum atomic E-state index is 13.1. The smallest absolute Gasteiger partial charge is 0.309 e. The van der Waals surface area contributed by atoms with Crippen molar-refractivity contribution in [3.8, 4) is 0 Å². The van der Waals surface area contributed by atoms with Gasteiger partial charge < -0.3 is 18.9 Å². The first kappa shape index (κ1) is 25.6. The number of hydrogen-bond acceptors (Lipinski definition) is 5. The average molecular weight is 503 g/mol. The molecule has 5 saturated carbocycles. The lowest BCUT2D eigenvalue weighted by Gasteiger charge is -2.55. The molecule has 204 valence electrons. The van der Waals surface area contributed by atoms with E-state index in [0.717, 1.165) is 49.4 Å². The molecule has 1 aliphatic heterocycles. The van der Waals surface area contributed by atoms with Crippen molar-refractivity contribution in [3.05, 3.63) is 0 Å². The normalized spacial score (nSPS) is 47.5. The van der Waals surface area contributed by atoms with Gasteiger partial charge in [-0.25, -0.2) is 0 Å². The third-order valence-electron chi connectivity index (χ3n) is 11.5. The molecule has 0 aromatic carbocycles. The zero-order chi connectivity index (χ0) is 24.5. The lowest BCUT2D eigenvalue weighted by Crippen LogP contribution is -2.53. The Balaban J connectivity index is 1.19. The third kappa shape index (κ3) is 5.27. The zero-order valence-corrected chi connectivity index (χ0v) is 22.6. The SMILES string of the molecule is COC1CCC(C(=O)OC2COC3CCC4CCCCC4C3C3C(CCC4CCCCC43)OC2)CC1. The van der Waals surface area contributed by atoms with Crippen LogP contribution >= 0.6 is 0 Å². The Hall–Kier alpha value is -0.650. The molecule has 0 aromatic heterocycles.